The maximum atomic E-state index is 12.9. The molecule has 2 aliphatic rings. The van der Waals surface area contributed by atoms with E-state index in [1.165, 1.54) is 5.56 Å². The normalized spacial score (nSPS) is 26.1. The van der Waals surface area contributed by atoms with Gasteiger partial charge in [-0.2, -0.15) is 0 Å². The van der Waals surface area contributed by atoms with Gasteiger partial charge in [-0.3, -0.25) is 14.7 Å². The number of piperidine rings is 1. The van der Waals surface area contributed by atoms with Crippen molar-refractivity contribution in [3.05, 3.63) is 47.6 Å². The highest BCUT2D eigenvalue weighted by atomic mass is 16.5. The first-order valence-electron chi connectivity index (χ1n) is 9.04. The first kappa shape index (κ1) is 17.2. The lowest BCUT2D eigenvalue weighted by atomic mass is 9.89. The summed E-state index contributed by atoms with van der Waals surface area (Å²) in [6.45, 7) is 5.07. The molecule has 2 fully saturated rings. The number of aromatic nitrogens is 2. The molecule has 138 valence electrons. The maximum absolute atomic E-state index is 12.9. The van der Waals surface area contributed by atoms with Gasteiger partial charge in [0.1, 0.15) is 5.76 Å². The third kappa shape index (κ3) is 3.24. The quantitative estimate of drug-likeness (QED) is 0.831. The molecule has 0 unspecified atom stereocenters. The van der Waals surface area contributed by atoms with Gasteiger partial charge in [0.25, 0.3) is 5.91 Å². The largest absolute Gasteiger partial charge is 0.381 e. The van der Waals surface area contributed by atoms with Crippen LogP contribution in [-0.4, -0.2) is 64.7 Å². The second-order valence-electron chi connectivity index (χ2n) is 7.17. The Balaban J connectivity index is 1.52. The van der Waals surface area contributed by atoms with Crippen molar-refractivity contribution in [1.82, 2.24) is 19.9 Å². The fraction of sp³-hybridized carbons (Fsp3) is 0.526. The third-order valence-electron chi connectivity index (χ3n) is 5.48. The molecule has 26 heavy (non-hydrogen) atoms. The summed E-state index contributed by atoms with van der Waals surface area (Å²) in [5.41, 5.74) is 1.58. The topological polar surface area (TPSA) is 71.7 Å². The standard InChI is InChI=1S/C19H24N4O3/c1-13-8-16(21-26-13)19(24)23-7-5-18(25-2)15-11-22(12-17(15)23)10-14-4-3-6-20-9-14/h3-4,6,8-9,15,17-18H,5,7,10-12H2,1-2H3/t15-,17+,18-/m1/s1. The van der Waals surface area contributed by atoms with E-state index in [0.717, 1.165) is 26.1 Å². The van der Waals surface area contributed by atoms with Gasteiger partial charge in [-0.25, -0.2) is 0 Å². The van der Waals surface area contributed by atoms with Crippen LogP contribution in [-0.2, 0) is 11.3 Å². The Morgan fingerprint density at radius 2 is 2.31 bits per heavy atom. The zero-order chi connectivity index (χ0) is 18.1. The molecule has 2 aromatic heterocycles. The molecule has 0 bridgehead atoms. The molecule has 4 heterocycles. The van der Waals surface area contributed by atoms with Crippen LogP contribution in [0.15, 0.2) is 35.1 Å². The first-order valence-corrected chi connectivity index (χ1v) is 9.04. The molecule has 2 aromatic rings. The predicted molar refractivity (Wildman–Crippen MR) is 94.5 cm³/mol. The van der Waals surface area contributed by atoms with Crippen molar-refractivity contribution in [2.75, 3.05) is 26.7 Å². The number of likely N-dealkylation sites (tertiary alicyclic amines) is 2. The molecule has 2 aliphatic heterocycles. The van der Waals surface area contributed by atoms with Crippen LogP contribution in [0, 0.1) is 12.8 Å². The zero-order valence-electron chi connectivity index (χ0n) is 15.2. The Morgan fingerprint density at radius 1 is 1.42 bits per heavy atom. The summed E-state index contributed by atoms with van der Waals surface area (Å²) in [5.74, 6) is 0.915. The number of ether oxygens (including phenoxy) is 1. The summed E-state index contributed by atoms with van der Waals surface area (Å²) in [7, 11) is 1.77. The van der Waals surface area contributed by atoms with Crippen molar-refractivity contribution in [3.8, 4) is 0 Å². The molecule has 0 saturated carbocycles. The van der Waals surface area contributed by atoms with Gasteiger partial charge < -0.3 is 14.2 Å². The van der Waals surface area contributed by atoms with E-state index < -0.39 is 0 Å². The highest BCUT2D eigenvalue weighted by Gasteiger charge is 2.46. The number of carbonyl (C=O) groups excluding carboxylic acids is 1. The number of carbonyl (C=O) groups is 1. The molecular formula is C19H24N4O3. The Hall–Kier alpha value is -2.25. The molecule has 3 atom stereocenters. The Kier molecular flexibility index (Phi) is 4.74. The second-order valence-corrected chi connectivity index (χ2v) is 7.17. The fourth-order valence-electron chi connectivity index (χ4n) is 4.27. The van der Waals surface area contributed by atoms with Crippen LogP contribution < -0.4 is 0 Å². The van der Waals surface area contributed by atoms with Gasteiger partial charge in [0.05, 0.1) is 12.1 Å². The van der Waals surface area contributed by atoms with E-state index in [4.69, 9.17) is 9.26 Å². The number of amides is 1. The summed E-state index contributed by atoms with van der Waals surface area (Å²) in [6, 6.07) is 5.89. The Morgan fingerprint density at radius 3 is 3.00 bits per heavy atom. The zero-order valence-corrected chi connectivity index (χ0v) is 15.2. The molecule has 0 spiro atoms. The van der Waals surface area contributed by atoms with E-state index in [1.54, 1.807) is 26.3 Å². The summed E-state index contributed by atoms with van der Waals surface area (Å²) in [5, 5.41) is 3.91. The van der Waals surface area contributed by atoms with Crippen molar-refractivity contribution in [2.45, 2.75) is 32.0 Å². The van der Waals surface area contributed by atoms with Crippen LogP contribution in [0.2, 0.25) is 0 Å². The highest BCUT2D eigenvalue weighted by molar-refractivity contribution is 5.92. The van der Waals surface area contributed by atoms with Gasteiger partial charge in [-0.15, -0.1) is 0 Å². The van der Waals surface area contributed by atoms with E-state index >= 15 is 0 Å². The van der Waals surface area contributed by atoms with E-state index in [-0.39, 0.29) is 18.1 Å². The lowest BCUT2D eigenvalue weighted by Gasteiger charge is -2.40. The van der Waals surface area contributed by atoms with Crippen LogP contribution >= 0.6 is 0 Å². The predicted octanol–water partition coefficient (Wildman–Crippen LogP) is 1.74. The van der Waals surface area contributed by atoms with Crippen molar-refractivity contribution in [1.29, 1.82) is 0 Å². The number of pyridine rings is 1. The summed E-state index contributed by atoms with van der Waals surface area (Å²) >= 11 is 0. The van der Waals surface area contributed by atoms with Gasteiger partial charge in [-0.1, -0.05) is 11.2 Å². The number of methoxy groups -OCH3 is 1. The number of rotatable bonds is 4. The molecule has 7 heteroatoms. The van der Waals surface area contributed by atoms with Crippen LogP contribution in [0.5, 0.6) is 0 Å². The minimum Gasteiger partial charge on any atom is -0.381 e. The molecule has 0 aromatic carbocycles. The number of aryl methyl sites for hydroxylation is 1. The summed E-state index contributed by atoms with van der Waals surface area (Å²) in [4.78, 5) is 21.5. The van der Waals surface area contributed by atoms with Crippen molar-refractivity contribution in [2.24, 2.45) is 5.92 Å². The fourth-order valence-corrected chi connectivity index (χ4v) is 4.27. The van der Waals surface area contributed by atoms with Crippen LogP contribution in [0.4, 0.5) is 0 Å². The molecule has 7 nitrogen and oxygen atoms in total. The van der Waals surface area contributed by atoms with Gasteiger partial charge in [0, 0.05) is 57.7 Å². The Bertz CT molecular complexity index is 763. The molecule has 0 N–H and O–H groups in total. The average Bonchev–Trinajstić information content (AvgIpc) is 3.27. The number of fused-ring (bicyclic) bond motifs is 1. The van der Waals surface area contributed by atoms with Gasteiger partial charge in [0.15, 0.2) is 5.69 Å². The van der Waals surface area contributed by atoms with E-state index in [2.05, 4.69) is 21.1 Å². The van der Waals surface area contributed by atoms with Crippen molar-refractivity contribution in [3.63, 3.8) is 0 Å². The van der Waals surface area contributed by atoms with Gasteiger partial charge in [-0.05, 0) is 25.0 Å². The minimum atomic E-state index is -0.0466. The lowest BCUT2D eigenvalue weighted by molar-refractivity contribution is -0.0159. The van der Waals surface area contributed by atoms with Crippen LogP contribution in [0.3, 0.4) is 0 Å². The monoisotopic (exact) mass is 356 g/mol. The number of hydrogen-bond acceptors (Lipinski definition) is 6. The van der Waals surface area contributed by atoms with E-state index in [9.17, 15) is 4.79 Å². The minimum absolute atomic E-state index is 0.0466. The molecule has 1 amide bonds. The Labute approximate surface area is 152 Å². The maximum Gasteiger partial charge on any atom is 0.276 e. The van der Waals surface area contributed by atoms with E-state index in [1.807, 2.05) is 17.2 Å². The first-order chi connectivity index (χ1) is 12.7. The molecule has 2 saturated heterocycles. The summed E-state index contributed by atoms with van der Waals surface area (Å²) < 4.78 is 10.8. The van der Waals surface area contributed by atoms with Crippen molar-refractivity contribution >= 4 is 5.91 Å². The van der Waals surface area contributed by atoms with Gasteiger partial charge >= 0.3 is 0 Å². The number of hydrogen-bond donors (Lipinski definition) is 0. The molecule has 4 rings (SSSR count). The molecule has 0 radical (unpaired) electrons. The SMILES string of the molecule is CO[C@@H]1CCN(C(=O)c2cc(C)on2)[C@H]2CN(Cc3cccnc3)C[C@@H]12. The average molecular weight is 356 g/mol. The molecular weight excluding hydrogens is 332 g/mol. The molecule has 0 aliphatic carbocycles. The van der Waals surface area contributed by atoms with Crippen molar-refractivity contribution < 1.29 is 14.1 Å². The van der Waals surface area contributed by atoms with E-state index in [0.29, 0.717) is 23.9 Å². The van der Waals surface area contributed by atoms with Crippen LogP contribution in [0.25, 0.3) is 0 Å². The smallest absolute Gasteiger partial charge is 0.276 e. The lowest BCUT2D eigenvalue weighted by Crippen LogP contribution is -2.53. The highest BCUT2D eigenvalue weighted by Crippen LogP contribution is 2.34. The van der Waals surface area contributed by atoms with Crippen LogP contribution in [0.1, 0.15) is 28.2 Å². The second kappa shape index (κ2) is 7.17. The van der Waals surface area contributed by atoms with Gasteiger partial charge in [0.2, 0.25) is 0 Å². The third-order valence-corrected chi connectivity index (χ3v) is 5.48. The number of nitrogens with zero attached hydrogens (tertiary/aromatic N) is 4. The summed E-state index contributed by atoms with van der Waals surface area (Å²) in [6.07, 6.45) is 4.72.